The maximum atomic E-state index is 11.9. The van der Waals surface area contributed by atoms with E-state index >= 15 is 0 Å². The topological polar surface area (TPSA) is 83.6 Å². The summed E-state index contributed by atoms with van der Waals surface area (Å²) in [6, 6.07) is -0.0617. The molecule has 1 fully saturated rings. The van der Waals surface area contributed by atoms with Crippen molar-refractivity contribution >= 4 is 19.9 Å². The standard InChI is InChI=1S/C9H20N2O4S2/c1-11(9-4-3-5-10-8-9)17(14,15)7-6-16(2,12)13/h9-10H,3-8H2,1-2H3. The van der Waals surface area contributed by atoms with Crippen molar-refractivity contribution in [2.24, 2.45) is 0 Å². The maximum absolute atomic E-state index is 11.9. The van der Waals surface area contributed by atoms with Crippen LogP contribution in [-0.2, 0) is 19.9 Å². The van der Waals surface area contributed by atoms with Crippen LogP contribution in [0.5, 0.6) is 0 Å². The predicted molar refractivity (Wildman–Crippen MR) is 67.2 cm³/mol. The fourth-order valence-corrected chi connectivity index (χ4v) is 4.75. The minimum Gasteiger partial charge on any atom is -0.315 e. The summed E-state index contributed by atoms with van der Waals surface area (Å²) in [7, 11) is -5.20. The molecule has 1 atom stereocenters. The van der Waals surface area contributed by atoms with Crippen LogP contribution in [0.15, 0.2) is 0 Å². The van der Waals surface area contributed by atoms with Crippen LogP contribution in [0, 0.1) is 0 Å². The third-order valence-electron chi connectivity index (χ3n) is 2.94. The van der Waals surface area contributed by atoms with Gasteiger partial charge >= 0.3 is 0 Å². The average molecular weight is 284 g/mol. The van der Waals surface area contributed by atoms with Crippen molar-refractivity contribution in [3.05, 3.63) is 0 Å². The SMILES string of the molecule is CN(C1CCCNC1)S(=O)(=O)CCS(C)(=O)=O. The van der Waals surface area contributed by atoms with Crippen LogP contribution in [-0.4, -0.2) is 65.1 Å². The smallest absolute Gasteiger partial charge is 0.215 e. The number of nitrogens with one attached hydrogen (secondary N) is 1. The normalized spacial score (nSPS) is 22.9. The number of piperidine rings is 1. The van der Waals surface area contributed by atoms with E-state index in [1.165, 1.54) is 11.4 Å². The van der Waals surface area contributed by atoms with Gasteiger partial charge in [0.1, 0.15) is 9.84 Å². The molecule has 0 spiro atoms. The van der Waals surface area contributed by atoms with Crippen molar-refractivity contribution in [1.82, 2.24) is 9.62 Å². The quantitative estimate of drug-likeness (QED) is 0.703. The Hall–Kier alpha value is -0.180. The minimum absolute atomic E-state index is 0.0617. The largest absolute Gasteiger partial charge is 0.315 e. The zero-order chi connectivity index (χ0) is 13.1. The Labute approximate surface area is 103 Å². The van der Waals surface area contributed by atoms with Gasteiger partial charge in [0.05, 0.1) is 11.5 Å². The number of sulfone groups is 1. The predicted octanol–water partition coefficient (Wildman–Crippen LogP) is -0.955. The molecule has 1 heterocycles. The Kier molecular flexibility index (Phi) is 4.94. The van der Waals surface area contributed by atoms with Gasteiger partial charge in [0.25, 0.3) is 0 Å². The monoisotopic (exact) mass is 284 g/mol. The van der Waals surface area contributed by atoms with Gasteiger partial charge in [-0.05, 0) is 19.4 Å². The van der Waals surface area contributed by atoms with Crippen LogP contribution >= 0.6 is 0 Å². The van der Waals surface area contributed by atoms with Crippen molar-refractivity contribution in [3.63, 3.8) is 0 Å². The van der Waals surface area contributed by atoms with Crippen LogP contribution in [0.25, 0.3) is 0 Å². The summed E-state index contributed by atoms with van der Waals surface area (Å²) in [6.45, 7) is 1.54. The van der Waals surface area contributed by atoms with Gasteiger partial charge in [-0.25, -0.2) is 21.1 Å². The van der Waals surface area contributed by atoms with Crippen LogP contribution in [0.3, 0.4) is 0 Å². The van der Waals surface area contributed by atoms with E-state index in [9.17, 15) is 16.8 Å². The Balaban J connectivity index is 2.62. The molecule has 0 amide bonds. The summed E-state index contributed by atoms with van der Waals surface area (Å²) in [5, 5.41) is 3.14. The molecule has 0 aromatic carbocycles. The summed E-state index contributed by atoms with van der Waals surface area (Å²) >= 11 is 0. The molecule has 1 N–H and O–H groups in total. The fraction of sp³-hybridized carbons (Fsp3) is 1.00. The lowest BCUT2D eigenvalue weighted by atomic mass is 10.1. The van der Waals surface area contributed by atoms with Gasteiger partial charge < -0.3 is 5.32 Å². The first-order chi connectivity index (χ1) is 7.72. The summed E-state index contributed by atoms with van der Waals surface area (Å²) in [6.07, 6.45) is 2.81. The second-order valence-corrected chi connectivity index (χ2v) is 8.87. The molecule has 1 aliphatic heterocycles. The van der Waals surface area contributed by atoms with E-state index in [4.69, 9.17) is 0 Å². The van der Waals surface area contributed by atoms with Gasteiger partial charge in [0, 0.05) is 25.9 Å². The van der Waals surface area contributed by atoms with Crippen LogP contribution < -0.4 is 5.32 Å². The highest BCUT2D eigenvalue weighted by Gasteiger charge is 2.28. The molecular formula is C9H20N2O4S2. The van der Waals surface area contributed by atoms with Gasteiger partial charge in [-0.2, -0.15) is 0 Å². The highest BCUT2D eigenvalue weighted by atomic mass is 32.2. The van der Waals surface area contributed by atoms with Crippen molar-refractivity contribution in [3.8, 4) is 0 Å². The van der Waals surface area contributed by atoms with Crippen LogP contribution in [0.1, 0.15) is 12.8 Å². The fourth-order valence-electron chi connectivity index (χ4n) is 1.77. The molecule has 1 unspecified atom stereocenters. The van der Waals surface area contributed by atoms with Crippen molar-refractivity contribution in [2.75, 3.05) is 37.9 Å². The summed E-state index contributed by atoms with van der Waals surface area (Å²) in [5.41, 5.74) is 0. The average Bonchev–Trinajstić information content (AvgIpc) is 2.26. The van der Waals surface area contributed by atoms with Gasteiger partial charge in [0.2, 0.25) is 10.0 Å². The molecule has 17 heavy (non-hydrogen) atoms. The highest BCUT2D eigenvalue weighted by molar-refractivity contribution is 7.93. The van der Waals surface area contributed by atoms with Gasteiger partial charge in [-0.1, -0.05) is 0 Å². The van der Waals surface area contributed by atoms with E-state index in [0.29, 0.717) is 6.54 Å². The Morgan fingerprint density at radius 2 is 1.88 bits per heavy atom. The molecule has 0 aliphatic carbocycles. The van der Waals surface area contributed by atoms with E-state index in [1.807, 2.05) is 0 Å². The number of sulfonamides is 1. The lowest BCUT2D eigenvalue weighted by Crippen LogP contribution is -2.47. The van der Waals surface area contributed by atoms with Crippen molar-refractivity contribution in [1.29, 1.82) is 0 Å². The molecule has 8 heteroatoms. The molecule has 0 aromatic heterocycles. The van der Waals surface area contributed by atoms with Gasteiger partial charge in [-0.15, -0.1) is 0 Å². The maximum Gasteiger partial charge on any atom is 0.215 e. The summed E-state index contributed by atoms with van der Waals surface area (Å²) in [5.74, 6) is -0.654. The highest BCUT2D eigenvalue weighted by Crippen LogP contribution is 2.13. The molecule has 0 radical (unpaired) electrons. The third kappa shape index (κ3) is 4.90. The molecule has 0 saturated carbocycles. The zero-order valence-electron chi connectivity index (χ0n) is 10.2. The molecule has 102 valence electrons. The third-order valence-corrected chi connectivity index (χ3v) is 6.04. The van der Waals surface area contributed by atoms with Gasteiger partial charge in [0.15, 0.2) is 0 Å². The second kappa shape index (κ2) is 5.64. The van der Waals surface area contributed by atoms with E-state index < -0.39 is 19.9 Å². The lowest BCUT2D eigenvalue weighted by Gasteiger charge is -2.30. The van der Waals surface area contributed by atoms with Crippen LogP contribution in [0.2, 0.25) is 0 Å². The first kappa shape index (κ1) is 14.9. The van der Waals surface area contributed by atoms with E-state index in [2.05, 4.69) is 5.32 Å². The summed E-state index contributed by atoms with van der Waals surface area (Å²) < 4.78 is 47.1. The number of hydrogen-bond acceptors (Lipinski definition) is 5. The molecule has 6 nitrogen and oxygen atoms in total. The zero-order valence-corrected chi connectivity index (χ0v) is 11.8. The van der Waals surface area contributed by atoms with Crippen molar-refractivity contribution < 1.29 is 16.8 Å². The molecule has 0 bridgehead atoms. The Bertz CT molecular complexity index is 438. The number of rotatable bonds is 5. The van der Waals surface area contributed by atoms with E-state index in [0.717, 1.165) is 25.6 Å². The molecule has 1 rings (SSSR count). The molecule has 1 aliphatic rings. The van der Waals surface area contributed by atoms with Crippen LogP contribution in [0.4, 0.5) is 0 Å². The number of likely N-dealkylation sites (N-methyl/N-ethyl adjacent to an activating group) is 1. The van der Waals surface area contributed by atoms with E-state index in [1.54, 1.807) is 0 Å². The second-order valence-electron chi connectivity index (χ2n) is 4.46. The number of hydrogen-bond donors (Lipinski definition) is 1. The first-order valence-corrected chi connectivity index (χ1v) is 9.23. The summed E-state index contributed by atoms with van der Waals surface area (Å²) in [4.78, 5) is 0. The lowest BCUT2D eigenvalue weighted by molar-refractivity contribution is 0.300. The minimum atomic E-state index is -3.48. The van der Waals surface area contributed by atoms with E-state index in [-0.39, 0.29) is 17.5 Å². The number of nitrogens with zero attached hydrogens (tertiary/aromatic N) is 1. The van der Waals surface area contributed by atoms with Gasteiger partial charge in [-0.3, -0.25) is 0 Å². The first-order valence-electron chi connectivity index (χ1n) is 5.56. The van der Waals surface area contributed by atoms with Crippen molar-refractivity contribution in [2.45, 2.75) is 18.9 Å². The Morgan fingerprint density at radius 1 is 1.24 bits per heavy atom. The molecule has 0 aromatic rings. The molecule has 1 saturated heterocycles. The Morgan fingerprint density at radius 3 is 2.35 bits per heavy atom. The molecular weight excluding hydrogens is 264 g/mol.